The maximum absolute atomic E-state index is 12.5. The number of rotatable bonds is 7. The Bertz CT molecular complexity index is 569. The molecule has 1 saturated carbocycles. The lowest BCUT2D eigenvalue weighted by Crippen LogP contribution is -2.33. The number of nitrogens with one attached hydrogen (secondary N) is 2. The molecule has 0 aliphatic heterocycles. The predicted octanol–water partition coefficient (Wildman–Crippen LogP) is 1.79. The molecular weight excluding hydrogens is 306 g/mol. The van der Waals surface area contributed by atoms with Gasteiger partial charge in [-0.1, -0.05) is 0 Å². The van der Waals surface area contributed by atoms with Crippen LogP contribution in [0.4, 0.5) is 0 Å². The third-order valence-electron chi connectivity index (χ3n) is 4.01. The van der Waals surface area contributed by atoms with E-state index in [1.807, 2.05) is 30.3 Å². The Morgan fingerprint density at radius 3 is 2.76 bits per heavy atom. The molecule has 1 aromatic heterocycles. The Balaban J connectivity index is 2.12. The van der Waals surface area contributed by atoms with E-state index in [0.29, 0.717) is 16.7 Å². The van der Waals surface area contributed by atoms with Crippen LogP contribution in [0.1, 0.15) is 31.9 Å². The van der Waals surface area contributed by atoms with Crippen LogP contribution in [0.2, 0.25) is 0 Å². The van der Waals surface area contributed by atoms with E-state index in [0.717, 1.165) is 31.5 Å². The van der Waals surface area contributed by atoms with Crippen molar-refractivity contribution in [3.05, 3.63) is 18.0 Å². The molecule has 21 heavy (non-hydrogen) atoms. The van der Waals surface area contributed by atoms with Gasteiger partial charge < -0.3 is 9.88 Å². The number of aryl methyl sites for hydroxylation is 1. The van der Waals surface area contributed by atoms with Gasteiger partial charge in [0.2, 0.25) is 10.0 Å². The van der Waals surface area contributed by atoms with Crippen molar-refractivity contribution in [1.82, 2.24) is 14.6 Å². The summed E-state index contributed by atoms with van der Waals surface area (Å²) in [6.07, 6.45) is 6.78. The summed E-state index contributed by atoms with van der Waals surface area (Å²) in [7, 11) is -1.55. The highest BCUT2D eigenvalue weighted by molar-refractivity contribution is 7.99. The number of aromatic nitrogens is 1. The first-order chi connectivity index (χ1) is 10.00. The number of hydrogen-bond donors (Lipinski definition) is 2. The third-order valence-corrected chi connectivity index (χ3v) is 6.59. The molecule has 0 amide bonds. The van der Waals surface area contributed by atoms with E-state index in [1.54, 1.807) is 12.3 Å². The minimum atomic E-state index is -3.41. The molecule has 1 aromatic rings. The van der Waals surface area contributed by atoms with Crippen molar-refractivity contribution in [2.24, 2.45) is 0 Å². The fourth-order valence-electron chi connectivity index (χ4n) is 2.84. The van der Waals surface area contributed by atoms with Gasteiger partial charge in [-0.25, -0.2) is 13.1 Å². The van der Waals surface area contributed by atoms with Crippen LogP contribution in [0.5, 0.6) is 0 Å². The normalized spacial score (nSPS) is 22.8. The average Bonchev–Trinajstić information content (AvgIpc) is 3.05. The summed E-state index contributed by atoms with van der Waals surface area (Å²) < 4.78 is 29.9. The zero-order valence-electron chi connectivity index (χ0n) is 12.9. The smallest absolute Gasteiger partial charge is 0.242 e. The summed E-state index contributed by atoms with van der Waals surface area (Å²) in [5.74, 6) is 0. The number of hydrogen-bond acceptors (Lipinski definition) is 4. The van der Waals surface area contributed by atoms with Gasteiger partial charge in [0.1, 0.15) is 0 Å². The number of thioether (sulfide) groups is 1. The van der Waals surface area contributed by atoms with Crippen LogP contribution in [0.3, 0.4) is 0 Å². The molecule has 0 saturated heterocycles. The van der Waals surface area contributed by atoms with E-state index < -0.39 is 10.0 Å². The van der Waals surface area contributed by atoms with Crippen LogP contribution >= 0.6 is 11.8 Å². The molecule has 5 nitrogen and oxygen atoms in total. The molecule has 0 aromatic carbocycles. The molecular formula is C14H25N3O2S2. The molecule has 120 valence electrons. The lowest BCUT2D eigenvalue weighted by atomic mass is 10.3. The van der Waals surface area contributed by atoms with E-state index in [-0.39, 0.29) is 6.04 Å². The van der Waals surface area contributed by atoms with Gasteiger partial charge >= 0.3 is 0 Å². The molecule has 1 aliphatic carbocycles. The lowest BCUT2D eigenvalue weighted by molar-refractivity contribution is 0.552. The highest BCUT2D eigenvalue weighted by Gasteiger charge is 2.29. The molecule has 0 radical (unpaired) electrons. The fourth-order valence-corrected chi connectivity index (χ4v) is 4.99. The van der Waals surface area contributed by atoms with Crippen molar-refractivity contribution in [3.8, 4) is 0 Å². The Hall–Kier alpha value is -0.500. The Morgan fingerprint density at radius 1 is 1.43 bits per heavy atom. The second kappa shape index (κ2) is 7.17. The minimum Gasteiger partial charge on any atom is -0.349 e. The van der Waals surface area contributed by atoms with E-state index in [1.165, 1.54) is 0 Å². The van der Waals surface area contributed by atoms with E-state index in [4.69, 9.17) is 0 Å². The molecule has 0 bridgehead atoms. The first-order valence-electron chi connectivity index (χ1n) is 7.39. The van der Waals surface area contributed by atoms with Crippen LogP contribution in [-0.4, -0.2) is 37.6 Å². The molecule has 2 unspecified atom stereocenters. The summed E-state index contributed by atoms with van der Waals surface area (Å²) in [6, 6.07) is 1.84. The maximum Gasteiger partial charge on any atom is 0.242 e. The second-order valence-electron chi connectivity index (χ2n) is 5.47. The Kier molecular flexibility index (Phi) is 5.76. The standard InChI is InChI=1S/C14H25N3O2S2/c1-4-17-10-14(8-12(17)9-15-2)21(18,19)16-11-5-6-13(7-11)20-3/h8,10-11,13,15-16H,4-7,9H2,1-3H3. The van der Waals surface area contributed by atoms with Crippen LogP contribution < -0.4 is 10.0 Å². The second-order valence-corrected chi connectivity index (χ2v) is 8.32. The summed E-state index contributed by atoms with van der Waals surface area (Å²) in [6.45, 7) is 3.45. The third kappa shape index (κ3) is 4.03. The molecule has 2 rings (SSSR count). The molecule has 1 heterocycles. The average molecular weight is 332 g/mol. The van der Waals surface area contributed by atoms with Crippen molar-refractivity contribution < 1.29 is 8.42 Å². The van der Waals surface area contributed by atoms with E-state index in [9.17, 15) is 8.42 Å². The van der Waals surface area contributed by atoms with Gasteiger partial charge in [-0.2, -0.15) is 11.8 Å². The van der Waals surface area contributed by atoms with Crippen molar-refractivity contribution >= 4 is 21.8 Å². The van der Waals surface area contributed by atoms with Crippen LogP contribution in [-0.2, 0) is 23.1 Å². The van der Waals surface area contributed by atoms with Crippen LogP contribution in [0.15, 0.2) is 17.2 Å². The zero-order valence-corrected chi connectivity index (χ0v) is 14.6. The molecule has 0 spiro atoms. The van der Waals surface area contributed by atoms with Crippen LogP contribution in [0.25, 0.3) is 0 Å². The van der Waals surface area contributed by atoms with Crippen LogP contribution in [0, 0.1) is 0 Å². The van der Waals surface area contributed by atoms with Crippen molar-refractivity contribution in [2.75, 3.05) is 13.3 Å². The number of sulfonamides is 1. The molecule has 2 N–H and O–H groups in total. The van der Waals surface area contributed by atoms with Crippen molar-refractivity contribution in [2.45, 2.75) is 55.5 Å². The maximum atomic E-state index is 12.5. The Morgan fingerprint density at radius 2 is 2.19 bits per heavy atom. The van der Waals surface area contributed by atoms with Gasteiger partial charge in [-0.3, -0.25) is 0 Å². The summed E-state index contributed by atoms with van der Waals surface area (Å²) in [5.41, 5.74) is 0.994. The topological polar surface area (TPSA) is 63.1 Å². The largest absolute Gasteiger partial charge is 0.349 e. The molecule has 7 heteroatoms. The van der Waals surface area contributed by atoms with Crippen molar-refractivity contribution in [3.63, 3.8) is 0 Å². The number of nitrogens with zero attached hydrogens (tertiary/aromatic N) is 1. The lowest BCUT2D eigenvalue weighted by Gasteiger charge is -2.12. The summed E-state index contributed by atoms with van der Waals surface area (Å²) in [4.78, 5) is 0.377. The van der Waals surface area contributed by atoms with Crippen molar-refractivity contribution in [1.29, 1.82) is 0 Å². The van der Waals surface area contributed by atoms with E-state index in [2.05, 4.69) is 16.3 Å². The molecule has 1 aliphatic rings. The highest BCUT2D eigenvalue weighted by Crippen LogP contribution is 2.29. The summed E-state index contributed by atoms with van der Waals surface area (Å²) in [5, 5.41) is 3.65. The van der Waals surface area contributed by atoms with E-state index >= 15 is 0 Å². The predicted molar refractivity (Wildman–Crippen MR) is 88.1 cm³/mol. The SMILES string of the molecule is CCn1cc(S(=O)(=O)NC2CCC(SC)C2)cc1CNC. The van der Waals surface area contributed by atoms with Gasteiger partial charge in [0, 0.05) is 36.3 Å². The monoisotopic (exact) mass is 331 g/mol. The highest BCUT2D eigenvalue weighted by atomic mass is 32.2. The van der Waals surface area contributed by atoms with Gasteiger partial charge in [-0.05, 0) is 45.6 Å². The Labute approximate surface area is 131 Å². The minimum absolute atomic E-state index is 0.0742. The summed E-state index contributed by atoms with van der Waals surface area (Å²) >= 11 is 1.83. The first-order valence-corrected chi connectivity index (χ1v) is 10.2. The first kappa shape index (κ1) is 16.9. The zero-order chi connectivity index (χ0) is 15.5. The van der Waals surface area contributed by atoms with Gasteiger partial charge in [-0.15, -0.1) is 0 Å². The molecule has 1 fully saturated rings. The fraction of sp³-hybridized carbons (Fsp3) is 0.714. The quantitative estimate of drug-likeness (QED) is 0.799. The van der Waals surface area contributed by atoms with Gasteiger partial charge in [0.25, 0.3) is 0 Å². The molecule has 2 atom stereocenters. The van der Waals surface area contributed by atoms with Gasteiger partial charge in [0.05, 0.1) is 4.90 Å². The van der Waals surface area contributed by atoms with Gasteiger partial charge in [0.15, 0.2) is 0 Å².